The second-order valence-electron chi connectivity index (χ2n) is 5.54. The van der Waals surface area contributed by atoms with E-state index in [1.54, 1.807) is 36.2 Å². The summed E-state index contributed by atoms with van der Waals surface area (Å²) < 4.78 is 2.17. The molecule has 2 aromatic heterocycles. The van der Waals surface area contributed by atoms with Gasteiger partial charge in [0.25, 0.3) is 5.91 Å². The molecule has 1 aromatic carbocycles. The fourth-order valence-corrected chi connectivity index (χ4v) is 4.13. The first-order valence-electron chi connectivity index (χ1n) is 7.54. The van der Waals surface area contributed by atoms with Crippen LogP contribution in [0.15, 0.2) is 61.1 Å². The number of thioether (sulfide) groups is 1. The van der Waals surface area contributed by atoms with Gasteiger partial charge in [0.15, 0.2) is 0 Å². The highest BCUT2D eigenvalue weighted by atomic mass is 32.2. The van der Waals surface area contributed by atoms with Gasteiger partial charge in [0.2, 0.25) is 0 Å². The van der Waals surface area contributed by atoms with E-state index in [1.807, 2.05) is 24.5 Å². The molecular weight excluding hydrogens is 322 g/mol. The van der Waals surface area contributed by atoms with E-state index in [4.69, 9.17) is 0 Å². The van der Waals surface area contributed by atoms with Gasteiger partial charge in [0.05, 0.1) is 11.4 Å². The highest BCUT2D eigenvalue weighted by Gasteiger charge is 2.26. The fraction of sp³-hybridized carbons (Fsp3) is 0.111. The van der Waals surface area contributed by atoms with E-state index in [0.29, 0.717) is 5.56 Å². The Bertz CT molecular complexity index is 892. The number of aromatic hydroxyl groups is 1. The van der Waals surface area contributed by atoms with E-state index < -0.39 is 0 Å². The molecule has 6 heteroatoms. The Balaban J connectivity index is 1.58. The summed E-state index contributed by atoms with van der Waals surface area (Å²) in [6.45, 7) is 0. The minimum absolute atomic E-state index is 0.0805. The van der Waals surface area contributed by atoms with Gasteiger partial charge in [0, 0.05) is 35.5 Å². The van der Waals surface area contributed by atoms with E-state index in [-0.39, 0.29) is 17.0 Å². The molecule has 0 saturated heterocycles. The van der Waals surface area contributed by atoms with Crippen molar-refractivity contribution in [1.29, 1.82) is 0 Å². The van der Waals surface area contributed by atoms with Crippen LogP contribution in [-0.2, 0) is 5.75 Å². The highest BCUT2D eigenvalue weighted by Crippen LogP contribution is 2.43. The molecule has 1 unspecified atom stereocenters. The van der Waals surface area contributed by atoms with Crippen molar-refractivity contribution >= 4 is 23.4 Å². The summed E-state index contributed by atoms with van der Waals surface area (Å²) in [7, 11) is 0. The normalized spacial score (nSPS) is 15.9. The average molecular weight is 337 g/mol. The summed E-state index contributed by atoms with van der Waals surface area (Å²) in [5, 5.41) is 12.6. The van der Waals surface area contributed by atoms with Crippen molar-refractivity contribution in [2.75, 3.05) is 5.32 Å². The summed E-state index contributed by atoms with van der Waals surface area (Å²) in [4.78, 5) is 16.6. The summed E-state index contributed by atoms with van der Waals surface area (Å²) in [5.74, 6) is 0.675. The SMILES string of the molecule is O=C(Nc1ccn2c1CSC2c1cccnc1)c1cccc(O)c1. The van der Waals surface area contributed by atoms with E-state index >= 15 is 0 Å². The minimum atomic E-state index is -0.227. The minimum Gasteiger partial charge on any atom is -0.508 e. The number of pyridine rings is 1. The zero-order valence-electron chi connectivity index (χ0n) is 12.7. The Morgan fingerprint density at radius 1 is 1.29 bits per heavy atom. The number of rotatable bonds is 3. The lowest BCUT2D eigenvalue weighted by Crippen LogP contribution is -2.12. The third-order valence-electron chi connectivity index (χ3n) is 3.98. The Kier molecular flexibility index (Phi) is 3.74. The molecule has 2 N–H and O–H groups in total. The Morgan fingerprint density at radius 3 is 3.00 bits per heavy atom. The lowest BCUT2D eigenvalue weighted by molar-refractivity contribution is 0.102. The lowest BCUT2D eigenvalue weighted by atomic mass is 10.2. The Labute approximate surface area is 143 Å². The lowest BCUT2D eigenvalue weighted by Gasteiger charge is -2.12. The van der Waals surface area contributed by atoms with Crippen LogP contribution in [0.1, 0.15) is 27.0 Å². The number of amides is 1. The van der Waals surface area contributed by atoms with Crippen molar-refractivity contribution in [2.45, 2.75) is 11.1 Å². The molecule has 0 spiro atoms. The Morgan fingerprint density at radius 2 is 2.21 bits per heavy atom. The van der Waals surface area contributed by atoms with Crippen LogP contribution in [0.3, 0.4) is 0 Å². The molecule has 1 atom stereocenters. The molecular formula is C18H15N3O2S. The second-order valence-corrected chi connectivity index (χ2v) is 6.61. The van der Waals surface area contributed by atoms with Crippen molar-refractivity contribution in [3.63, 3.8) is 0 Å². The van der Waals surface area contributed by atoms with Gasteiger partial charge in [-0.1, -0.05) is 12.1 Å². The molecule has 4 rings (SSSR count). The summed E-state index contributed by atoms with van der Waals surface area (Å²) in [6, 6.07) is 12.2. The van der Waals surface area contributed by atoms with Crippen LogP contribution in [0, 0.1) is 0 Å². The smallest absolute Gasteiger partial charge is 0.255 e. The average Bonchev–Trinajstić information content (AvgIpc) is 3.19. The first-order chi connectivity index (χ1) is 11.7. The number of carbonyl (C=O) groups is 1. The van der Waals surface area contributed by atoms with Crippen LogP contribution in [0.5, 0.6) is 5.75 Å². The zero-order chi connectivity index (χ0) is 16.5. The van der Waals surface area contributed by atoms with E-state index in [0.717, 1.165) is 22.7 Å². The van der Waals surface area contributed by atoms with Crippen LogP contribution < -0.4 is 5.32 Å². The molecule has 24 heavy (non-hydrogen) atoms. The van der Waals surface area contributed by atoms with Crippen molar-refractivity contribution in [3.8, 4) is 5.75 Å². The summed E-state index contributed by atoms with van der Waals surface area (Å²) in [5.41, 5.74) is 3.47. The largest absolute Gasteiger partial charge is 0.508 e. The number of anilines is 1. The monoisotopic (exact) mass is 337 g/mol. The number of nitrogens with one attached hydrogen (secondary N) is 1. The number of carbonyl (C=O) groups excluding carboxylic acids is 1. The molecule has 0 radical (unpaired) electrons. The quantitative estimate of drug-likeness (QED) is 0.766. The number of hydrogen-bond acceptors (Lipinski definition) is 4. The van der Waals surface area contributed by atoms with Gasteiger partial charge in [-0.2, -0.15) is 0 Å². The predicted octanol–water partition coefficient (Wildman–Crippen LogP) is 3.63. The number of hydrogen-bond donors (Lipinski definition) is 2. The van der Waals surface area contributed by atoms with Crippen molar-refractivity contribution < 1.29 is 9.90 Å². The molecule has 120 valence electrons. The summed E-state index contributed by atoms with van der Waals surface area (Å²) >= 11 is 1.80. The molecule has 0 fully saturated rings. The molecule has 0 aliphatic carbocycles. The van der Waals surface area contributed by atoms with Gasteiger partial charge in [-0.15, -0.1) is 11.8 Å². The van der Waals surface area contributed by atoms with Gasteiger partial charge in [-0.25, -0.2) is 0 Å². The van der Waals surface area contributed by atoms with Gasteiger partial charge >= 0.3 is 0 Å². The molecule has 0 bridgehead atoms. The van der Waals surface area contributed by atoms with Crippen molar-refractivity contribution in [2.24, 2.45) is 0 Å². The van der Waals surface area contributed by atoms with Crippen molar-refractivity contribution in [3.05, 3.63) is 77.9 Å². The molecule has 5 nitrogen and oxygen atoms in total. The highest BCUT2D eigenvalue weighted by molar-refractivity contribution is 7.99. The molecule has 3 heterocycles. The van der Waals surface area contributed by atoms with Crippen LogP contribution in [0.25, 0.3) is 0 Å². The number of aromatic nitrogens is 2. The third kappa shape index (κ3) is 2.65. The van der Waals surface area contributed by atoms with Crippen LogP contribution in [-0.4, -0.2) is 20.6 Å². The van der Waals surface area contributed by atoms with Gasteiger partial charge in [-0.3, -0.25) is 9.78 Å². The molecule has 1 aliphatic rings. The maximum Gasteiger partial charge on any atom is 0.255 e. The number of benzene rings is 1. The molecule has 1 amide bonds. The number of fused-ring (bicyclic) bond motifs is 1. The first-order valence-corrected chi connectivity index (χ1v) is 8.59. The fourth-order valence-electron chi connectivity index (χ4n) is 2.82. The van der Waals surface area contributed by atoms with E-state index in [9.17, 15) is 9.90 Å². The van der Waals surface area contributed by atoms with E-state index in [1.165, 1.54) is 6.07 Å². The first kappa shape index (κ1) is 14.8. The van der Waals surface area contributed by atoms with Crippen LogP contribution in [0.4, 0.5) is 5.69 Å². The second kappa shape index (κ2) is 6.05. The zero-order valence-corrected chi connectivity index (χ0v) is 13.5. The topological polar surface area (TPSA) is 67.2 Å². The van der Waals surface area contributed by atoms with Crippen molar-refractivity contribution in [1.82, 2.24) is 9.55 Å². The number of phenolic OH excluding ortho intramolecular Hbond substituents is 1. The Hall–Kier alpha value is -2.73. The van der Waals surface area contributed by atoms with Crippen LogP contribution >= 0.6 is 11.8 Å². The maximum absolute atomic E-state index is 12.4. The number of phenols is 1. The molecule has 1 aliphatic heterocycles. The standard InChI is InChI=1S/C18H15N3O2S/c22-14-5-1-3-12(9-14)17(23)20-15-6-8-21-16(15)11-24-18(21)13-4-2-7-19-10-13/h1-10,18,22H,11H2,(H,20,23). The van der Waals surface area contributed by atoms with Crippen LogP contribution in [0.2, 0.25) is 0 Å². The molecule has 3 aromatic rings. The predicted molar refractivity (Wildman–Crippen MR) is 94.2 cm³/mol. The van der Waals surface area contributed by atoms with Gasteiger partial charge in [0.1, 0.15) is 11.1 Å². The molecule has 0 saturated carbocycles. The van der Waals surface area contributed by atoms with Gasteiger partial charge < -0.3 is 15.0 Å². The van der Waals surface area contributed by atoms with E-state index in [2.05, 4.69) is 20.9 Å². The number of nitrogens with zero attached hydrogens (tertiary/aromatic N) is 2. The van der Waals surface area contributed by atoms with Gasteiger partial charge in [-0.05, 0) is 30.3 Å². The maximum atomic E-state index is 12.4. The summed E-state index contributed by atoms with van der Waals surface area (Å²) in [6.07, 6.45) is 5.63. The third-order valence-corrected chi connectivity index (χ3v) is 5.24.